The van der Waals surface area contributed by atoms with Crippen LogP contribution in [0.4, 0.5) is 0 Å². The fourth-order valence-electron chi connectivity index (χ4n) is 2.32. The second-order valence-corrected chi connectivity index (χ2v) is 4.00. The summed E-state index contributed by atoms with van der Waals surface area (Å²) in [6.07, 6.45) is 3.96. The third-order valence-electron chi connectivity index (χ3n) is 3.17. The minimum Gasteiger partial charge on any atom is -0.370 e. The zero-order valence-electron chi connectivity index (χ0n) is 7.84. The number of carbonyl (C=O) groups is 1. The van der Waals surface area contributed by atoms with Crippen molar-refractivity contribution in [3.63, 3.8) is 0 Å². The van der Waals surface area contributed by atoms with E-state index in [-0.39, 0.29) is 5.91 Å². The van der Waals surface area contributed by atoms with Crippen molar-refractivity contribution in [1.82, 2.24) is 5.32 Å². The highest BCUT2D eigenvalue weighted by Crippen LogP contribution is 2.40. The Labute approximate surface area is 77.6 Å². The molecular weight excluding hydrogens is 166 g/mol. The van der Waals surface area contributed by atoms with Gasteiger partial charge in [-0.15, -0.1) is 0 Å². The number of hydrogen-bond acceptors (Lipinski definition) is 3. The number of aliphatic imine (C=N–C) groups is 1. The number of rotatable bonds is 1. The zero-order chi connectivity index (χ0) is 9.47. The molecule has 3 N–H and O–H groups in total. The van der Waals surface area contributed by atoms with E-state index in [0.29, 0.717) is 11.9 Å². The Morgan fingerprint density at radius 2 is 2.54 bits per heavy atom. The van der Waals surface area contributed by atoms with Crippen LogP contribution in [-0.2, 0) is 4.79 Å². The molecule has 0 aromatic rings. The van der Waals surface area contributed by atoms with Crippen molar-refractivity contribution in [3.05, 3.63) is 0 Å². The molecule has 4 heteroatoms. The highest BCUT2D eigenvalue weighted by atomic mass is 16.2. The maximum atomic E-state index is 11.6. The van der Waals surface area contributed by atoms with Crippen molar-refractivity contribution in [2.45, 2.75) is 38.1 Å². The van der Waals surface area contributed by atoms with Crippen LogP contribution in [0, 0.1) is 5.92 Å². The number of guanidine groups is 1. The normalized spacial score (nSPS) is 38.1. The summed E-state index contributed by atoms with van der Waals surface area (Å²) in [5.74, 6) is 0.933. The SMILES string of the molecule is CCC1CCC2(C1)N=C(N)NC2=O. The lowest BCUT2D eigenvalue weighted by molar-refractivity contribution is -0.123. The second-order valence-electron chi connectivity index (χ2n) is 4.00. The molecule has 1 spiro atoms. The molecule has 1 amide bonds. The van der Waals surface area contributed by atoms with Crippen molar-refractivity contribution >= 4 is 11.9 Å². The van der Waals surface area contributed by atoms with Gasteiger partial charge in [0.15, 0.2) is 5.96 Å². The van der Waals surface area contributed by atoms with Crippen LogP contribution in [-0.4, -0.2) is 17.4 Å². The van der Waals surface area contributed by atoms with Crippen molar-refractivity contribution in [2.75, 3.05) is 0 Å². The van der Waals surface area contributed by atoms with Crippen LogP contribution in [0.1, 0.15) is 32.6 Å². The fourth-order valence-corrected chi connectivity index (χ4v) is 2.32. The van der Waals surface area contributed by atoms with Gasteiger partial charge in [0, 0.05) is 0 Å². The summed E-state index contributed by atoms with van der Waals surface area (Å²) >= 11 is 0. The highest BCUT2D eigenvalue weighted by Gasteiger charge is 2.48. The molecule has 1 saturated carbocycles. The largest absolute Gasteiger partial charge is 0.370 e. The molecular formula is C9H15N3O. The number of nitrogens with zero attached hydrogens (tertiary/aromatic N) is 1. The number of carbonyl (C=O) groups excluding carboxylic acids is 1. The van der Waals surface area contributed by atoms with E-state index in [1.165, 1.54) is 0 Å². The van der Waals surface area contributed by atoms with Crippen molar-refractivity contribution < 1.29 is 4.79 Å². The van der Waals surface area contributed by atoms with Gasteiger partial charge in [0.1, 0.15) is 5.54 Å². The summed E-state index contributed by atoms with van der Waals surface area (Å²) in [5, 5.41) is 2.58. The van der Waals surface area contributed by atoms with E-state index in [0.717, 1.165) is 25.7 Å². The molecule has 0 saturated heterocycles. The minimum atomic E-state index is -0.495. The number of nitrogens with two attached hydrogens (primary N) is 1. The molecule has 72 valence electrons. The van der Waals surface area contributed by atoms with E-state index < -0.39 is 5.54 Å². The Morgan fingerprint density at radius 1 is 1.77 bits per heavy atom. The van der Waals surface area contributed by atoms with Crippen LogP contribution in [0.5, 0.6) is 0 Å². The van der Waals surface area contributed by atoms with Gasteiger partial charge in [0.05, 0.1) is 0 Å². The van der Waals surface area contributed by atoms with Crippen LogP contribution in [0.25, 0.3) is 0 Å². The molecule has 2 unspecified atom stereocenters. The Bertz CT molecular complexity index is 274. The lowest BCUT2D eigenvalue weighted by Gasteiger charge is -2.15. The molecule has 1 heterocycles. The van der Waals surface area contributed by atoms with Crippen molar-refractivity contribution in [3.8, 4) is 0 Å². The van der Waals surface area contributed by atoms with E-state index in [9.17, 15) is 4.79 Å². The quantitative estimate of drug-likeness (QED) is 0.614. The average Bonchev–Trinajstić information content (AvgIpc) is 2.59. The summed E-state index contributed by atoms with van der Waals surface area (Å²) in [6.45, 7) is 2.16. The van der Waals surface area contributed by atoms with E-state index in [1.807, 2.05) is 0 Å². The van der Waals surface area contributed by atoms with E-state index in [4.69, 9.17) is 5.73 Å². The molecule has 2 atom stereocenters. The molecule has 0 bridgehead atoms. The average molecular weight is 181 g/mol. The predicted octanol–water partition coefficient (Wildman–Crippen LogP) is 0.380. The fraction of sp³-hybridized carbons (Fsp3) is 0.778. The molecule has 1 aliphatic carbocycles. The number of nitrogens with one attached hydrogen (secondary N) is 1. The molecule has 4 nitrogen and oxygen atoms in total. The first-order chi connectivity index (χ1) is 6.16. The highest BCUT2D eigenvalue weighted by molar-refractivity contribution is 6.06. The smallest absolute Gasteiger partial charge is 0.254 e. The van der Waals surface area contributed by atoms with Gasteiger partial charge < -0.3 is 5.73 Å². The summed E-state index contributed by atoms with van der Waals surface area (Å²) in [4.78, 5) is 15.8. The van der Waals surface area contributed by atoms with Crippen molar-refractivity contribution in [2.24, 2.45) is 16.6 Å². The Balaban J connectivity index is 2.19. The van der Waals surface area contributed by atoms with Crippen LogP contribution in [0.15, 0.2) is 4.99 Å². The first kappa shape index (κ1) is 8.53. The van der Waals surface area contributed by atoms with Crippen LogP contribution in [0.2, 0.25) is 0 Å². The lowest BCUT2D eigenvalue weighted by atomic mass is 9.96. The van der Waals surface area contributed by atoms with Gasteiger partial charge in [0.25, 0.3) is 5.91 Å². The van der Waals surface area contributed by atoms with Crippen molar-refractivity contribution in [1.29, 1.82) is 0 Å². The molecule has 2 rings (SSSR count). The number of hydrogen-bond donors (Lipinski definition) is 2. The summed E-state index contributed by atoms with van der Waals surface area (Å²) in [6, 6.07) is 0. The topological polar surface area (TPSA) is 67.5 Å². The third kappa shape index (κ3) is 1.20. The maximum absolute atomic E-state index is 11.6. The summed E-state index contributed by atoms with van der Waals surface area (Å²) in [5.41, 5.74) is 4.99. The minimum absolute atomic E-state index is 0.000880. The molecule has 1 fully saturated rings. The molecule has 2 aliphatic rings. The van der Waals surface area contributed by atoms with Gasteiger partial charge in [-0.2, -0.15) is 0 Å². The van der Waals surface area contributed by atoms with E-state index >= 15 is 0 Å². The van der Waals surface area contributed by atoms with E-state index in [2.05, 4.69) is 17.2 Å². The van der Waals surface area contributed by atoms with Crippen LogP contribution < -0.4 is 11.1 Å². The maximum Gasteiger partial charge on any atom is 0.254 e. The van der Waals surface area contributed by atoms with Gasteiger partial charge in [0.2, 0.25) is 0 Å². The van der Waals surface area contributed by atoms with Gasteiger partial charge in [-0.25, -0.2) is 4.99 Å². The third-order valence-corrected chi connectivity index (χ3v) is 3.17. The first-order valence-corrected chi connectivity index (χ1v) is 4.83. The Hall–Kier alpha value is -1.06. The molecule has 1 aliphatic heterocycles. The molecule has 13 heavy (non-hydrogen) atoms. The second kappa shape index (κ2) is 2.72. The van der Waals surface area contributed by atoms with Crippen LogP contribution in [0.3, 0.4) is 0 Å². The van der Waals surface area contributed by atoms with Gasteiger partial charge in [-0.3, -0.25) is 10.1 Å². The molecule has 0 aromatic heterocycles. The first-order valence-electron chi connectivity index (χ1n) is 4.83. The number of amides is 1. The Morgan fingerprint density at radius 3 is 3.00 bits per heavy atom. The standard InChI is InChI=1S/C9H15N3O/c1-2-6-3-4-9(5-6)7(13)11-8(10)12-9/h6H,2-5H2,1H3,(H3,10,11,12,13). The lowest BCUT2D eigenvalue weighted by Crippen LogP contribution is -2.39. The van der Waals surface area contributed by atoms with Crippen LogP contribution >= 0.6 is 0 Å². The van der Waals surface area contributed by atoms with Gasteiger partial charge in [-0.05, 0) is 25.2 Å². The predicted molar refractivity (Wildman–Crippen MR) is 50.1 cm³/mol. The monoisotopic (exact) mass is 181 g/mol. The van der Waals surface area contributed by atoms with Gasteiger partial charge >= 0.3 is 0 Å². The summed E-state index contributed by atoms with van der Waals surface area (Å²) in [7, 11) is 0. The van der Waals surface area contributed by atoms with Gasteiger partial charge in [-0.1, -0.05) is 13.3 Å². The molecule has 0 radical (unpaired) electrons. The Kier molecular flexibility index (Phi) is 1.78. The molecule has 0 aromatic carbocycles. The zero-order valence-corrected chi connectivity index (χ0v) is 7.84. The van der Waals surface area contributed by atoms with E-state index in [1.54, 1.807) is 0 Å². The summed E-state index contributed by atoms with van der Waals surface area (Å²) < 4.78 is 0.